The van der Waals surface area contributed by atoms with Gasteiger partial charge in [-0.05, 0) is 74.5 Å². The topological polar surface area (TPSA) is 43.6 Å². The maximum atomic E-state index is 4.90. The molecule has 0 bridgehead atoms. The van der Waals surface area contributed by atoms with Crippen LogP contribution in [0.5, 0.6) is 0 Å². The van der Waals surface area contributed by atoms with Gasteiger partial charge in [0.1, 0.15) is 0 Å². The molecule has 7 rings (SSSR count). The Labute approximate surface area is 222 Å². The highest BCUT2D eigenvalue weighted by Gasteiger charge is 2.16. The van der Waals surface area contributed by atoms with Crippen LogP contribution in [0, 0.1) is 13.8 Å². The maximum absolute atomic E-state index is 4.90. The summed E-state index contributed by atoms with van der Waals surface area (Å²) in [5, 5.41) is 2.51. The molecule has 0 fully saturated rings. The van der Waals surface area contributed by atoms with Crippen molar-refractivity contribution in [3.8, 4) is 38.5 Å². The van der Waals surface area contributed by atoms with E-state index in [1.807, 2.05) is 0 Å². The van der Waals surface area contributed by atoms with Crippen molar-refractivity contribution in [1.29, 1.82) is 0 Å². The smallest absolute Gasteiger partial charge is 0.174 e. The van der Waals surface area contributed by atoms with Gasteiger partial charge in [-0.25, -0.2) is 15.0 Å². The highest BCUT2D eigenvalue weighted by atomic mass is 32.1. The van der Waals surface area contributed by atoms with E-state index in [-0.39, 0.29) is 0 Å². The van der Waals surface area contributed by atoms with E-state index in [1.54, 1.807) is 22.7 Å². The Kier molecular flexibility index (Phi) is 5.23. The zero-order valence-electron chi connectivity index (χ0n) is 20.3. The number of hydrogen-bond donors (Lipinski definition) is 0. The lowest BCUT2D eigenvalue weighted by molar-refractivity contribution is 1.08. The molecule has 37 heavy (non-hydrogen) atoms. The molecule has 0 saturated carbocycles. The summed E-state index contributed by atoms with van der Waals surface area (Å²) in [6.45, 7) is 4.21. The minimum Gasteiger partial charge on any atom is -0.309 e. The van der Waals surface area contributed by atoms with Crippen molar-refractivity contribution in [3.63, 3.8) is 0 Å². The molecule has 0 radical (unpaired) electrons. The SMILES string of the molecule is Cc1ccc(-c2nc(-c3ccc(-n4c5ccccc5c5ccccc54)cc3)nc(-c3ccc(C)s3)n2)s1. The number of para-hydroxylation sites is 2. The van der Waals surface area contributed by atoms with Crippen molar-refractivity contribution in [2.24, 2.45) is 0 Å². The molecule has 0 aliphatic rings. The zero-order chi connectivity index (χ0) is 24.9. The molecule has 4 aromatic heterocycles. The fourth-order valence-corrected chi connectivity index (χ4v) is 6.40. The second-order valence-electron chi connectivity index (χ2n) is 9.04. The number of fused-ring (bicyclic) bond motifs is 3. The molecule has 0 unspecified atom stereocenters. The summed E-state index contributed by atoms with van der Waals surface area (Å²) in [5.41, 5.74) is 4.47. The average Bonchev–Trinajstić information content (AvgIpc) is 3.66. The number of thiophene rings is 2. The van der Waals surface area contributed by atoms with Gasteiger partial charge in [-0.1, -0.05) is 36.4 Å². The quantitative estimate of drug-likeness (QED) is 0.236. The van der Waals surface area contributed by atoms with Gasteiger partial charge in [-0.3, -0.25) is 0 Å². The van der Waals surface area contributed by atoms with E-state index >= 15 is 0 Å². The first kappa shape index (κ1) is 22.1. The minimum absolute atomic E-state index is 0.686. The van der Waals surface area contributed by atoms with E-state index in [0.717, 1.165) is 32.7 Å². The Bertz CT molecular complexity index is 1800. The number of rotatable bonds is 4. The van der Waals surface area contributed by atoms with Gasteiger partial charge in [-0.2, -0.15) is 0 Å². The van der Waals surface area contributed by atoms with Crippen molar-refractivity contribution >= 4 is 44.5 Å². The van der Waals surface area contributed by atoms with Crippen molar-refractivity contribution in [1.82, 2.24) is 19.5 Å². The molecular formula is C31H22N4S2. The molecule has 178 valence electrons. The van der Waals surface area contributed by atoms with Gasteiger partial charge in [0.15, 0.2) is 17.5 Å². The van der Waals surface area contributed by atoms with Gasteiger partial charge in [0.05, 0.1) is 20.8 Å². The highest BCUT2D eigenvalue weighted by Crippen LogP contribution is 2.34. The van der Waals surface area contributed by atoms with Crippen LogP contribution in [0.4, 0.5) is 0 Å². The Hall–Kier alpha value is -4.13. The minimum atomic E-state index is 0.686. The molecule has 4 heterocycles. The number of aryl methyl sites for hydroxylation is 2. The van der Waals surface area contributed by atoms with Crippen LogP contribution in [0.2, 0.25) is 0 Å². The first-order valence-electron chi connectivity index (χ1n) is 12.1. The van der Waals surface area contributed by atoms with Crippen LogP contribution in [-0.4, -0.2) is 19.5 Å². The Morgan fingerprint density at radius 1 is 0.514 bits per heavy atom. The van der Waals surface area contributed by atoms with Crippen LogP contribution < -0.4 is 0 Å². The van der Waals surface area contributed by atoms with Crippen LogP contribution >= 0.6 is 22.7 Å². The molecule has 6 heteroatoms. The second kappa shape index (κ2) is 8.76. The summed E-state index contributed by atoms with van der Waals surface area (Å²) in [7, 11) is 0. The van der Waals surface area contributed by atoms with Gasteiger partial charge < -0.3 is 4.57 Å². The number of aromatic nitrogens is 4. The Morgan fingerprint density at radius 2 is 1.00 bits per heavy atom. The number of nitrogens with zero attached hydrogens (tertiary/aromatic N) is 4. The maximum Gasteiger partial charge on any atom is 0.174 e. The molecule has 0 aliphatic heterocycles. The predicted octanol–water partition coefficient (Wildman–Crippen LogP) is 8.71. The lowest BCUT2D eigenvalue weighted by Crippen LogP contribution is -1.99. The van der Waals surface area contributed by atoms with E-state index in [1.165, 1.54) is 31.6 Å². The fraction of sp³-hybridized carbons (Fsp3) is 0.0645. The second-order valence-corrected chi connectivity index (χ2v) is 11.6. The van der Waals surface area contributed by atoms with Gasteiger partial charge >= 0.3 is 0 Å². The number of benzene rings is 3. The molecule has 0 aliphatic carbocycles. The summed E-state index contributed by atoms with van der Waals surface area (Å²) in [6.07, 6.45) is 0. The van der Waals surface area contributed by atoms with E-state index in [2.05, 4.69) is 115 Å². The standard InChI is InChI=1S/C31H22N4S2/c1-19-11-17-27(36-19)30-32-29(33-31(34-30)28-18-12-20(2)37-28)21-13-15-22(16-14-21)35-25-9-5-3-7-23(25)24-8-4-6-10-26(24)35/h3-18H,1-2H3. The van der Waals surface area contributed by atoms with Crippen molar-refractivity contribution in [2.75, 3.05) is 0 Å². The molecule has 7 aromatic rings. The van der Waals surface area contributed by atoms with Gasteiger partial charge in [-0.15, -0.1) is 22.7 Å². The predicted molar refractivity (Wildman–Crippen MR) is 156 cm³/mol. The van der Waals surface area contributed by atoms with Gasteiger partial charge in [0.2, 0.25) is 0 Å². The van der Waals surface area contributed by atoms with Crippen LogP contribution in [0.3, 0.4) is 0 Å². The van der Waals surface area contributed by atoms with Crippen LogP contribution in [-0.2, 0) is 0 Å². The molecule has 3 aromatic carbocycles. The van der Waals surface area contributed by atoms with E-state index in [9.17, 15) is 0 Å². The Balaban J connectivity index is 1.36. The highest BCUT2D eigenvalue weighted by molar-refractivity contribution is 7.15. The lowest BCUT2D eigenvalue weighted by Gasteiger charge is -2.10. The summed E-state index contributed by atoms with van der Waals surface area (Å²) in [6, 6.07) is 34.1. The fourth-order valence-electron chi connectivity index (χ4n) is 4.80. The average molecular weight is 515 g/mol. The molecule has 0 spiro atoms. The van der Waals surface area contributed by atoms with Gasteiger partial charge in [0.25, 0.3) is 0 Å². The molecule has 4 nitrogen and oxygen atoms in total. The lowest BCUT2D eigenvalue weighted by atomic mass is 10.2. The molecule has 0 amide bonds. The molecular weight excluding hydrogens is 493 g/mol. The summed E-state index contributed by atoms with van der Waals surface area (Å²) in [4.78, 5) is 19.2. The summed E-state index contributed by atoms with van der Waals surface area (Å²) in [5.74, 6) is 2.12. The summed E-state index contributed by atoms with van der Waals surface area (Å²) < 4.78 is 2.32. The van der Waals surface area contributed by atoms with Crippen molar-refractivity contribution in [2.45, 2.75) is 13.8 Å². The van der Waals surface area contributed by atoms with Crippen molar-refractivity contribution < 1.29 is 0 Å². The third kappa shape index (κ3) is 3.86. The van der Waals surface area contributed by atoms with Gasteiger partial charge in [0, 0.05) is 31.8 Å². The molecule has 0 atom stereocenters. The zero-order valence-corrected chi connectivity index (χ0v) is 22.0. The van der Waals surface area contributed by atoms with E-state index in [0.29, 0.717) is 5.82 Å². The van der Waals surface area contributed by atoms with E-state index in [4.69, 9.17) is 15.0 Å². The molecule has 0 N–H and O–H groups in total. The van der Waals surface area contributed by atoms with Crippen molar-refractivity contribution in [3.05, 3.63) is 107 Å². The van der Waals surface area contributed by atoms with Crippen LogP contribution in [0.15, 0.2) is 97.1 Å². The summed E-state index contributed by atoms with van der Waals surface area (Å²) >= 11 is 3.41. The normalized spacial score (nSPS) is 11.5. The van der Waals surface area contributed by atoms with Crippen LogP contribution in [0.1, 0.15) is 9.75 Å². The molecule has 0 saturated heterocycles. The van der Waals surface area contributed by atoms with E-state index < -0.39 is 0 Å². The third-order valence-electron chi connectivity index (χ3n) is 6.52. The first-order chi connectivity index (χ1) is 18.1. The van der Waals surface area contributed by atoms with Crippen LogP contribution in [0.25, 0.3) is 60.3 Å². The largest absolute Gasteiger partial charge is 0.309 e. The third-order valence-corrected chi connectivity index (χ3v) is 8.51. The number of hydrogen-bond acceptors (Lipinski definition) is 5. The monoisotopic (exact) mass is 514 g/mol. The first-order valence-corrected chi connectivity index (χ1v) is 13.8. The Morgan fingerprint density at radius 3 is 1.49 bits per heavy atom.